The highest BCUT2D eigenvalue weighted by Gasteiger charge is 2.28. The first-order valence-electron chi connectivity index (χ1n) is 23.2. The fourth-order valence-electron chi connectivity index (χ4n) is 10.2. The summed E-state index contributed by atoms with van der Waals surface area (Å²) in [5.74, 6) is 0. The van der Waals surface area contributed by atoms with Crippen molar-refractivity contribution in [3.63, 3.8) is 0 Å². The van der Waals surface area contributed by atoms with Gasteiger partial charge < -0.3 is 9.32 Å². The van der Waals surface area contributed by atoms with Crippen LogP contribution in [0.15, 0.2) is 162 Å². The Bertz CT molecular complexity index is 3990. The van der Waals surface area contributed by atoms with Crippen LogP contribution in [-0.2, 0) is 0 Å². The molecule has 308 valence electrons. The fourth-order valence-corrected chi connectivity index (χ4v) is 10.2. The molecule has 0 saturated carbocycles. The first-order valence-corrected chi connectivity index (χ1v) is 23.2. The van der Waals surface area contributed by atoms with Gasteiger partial charge in [-0.2, -0.15) is 0 Å². The molecule has 0 aliphatic rings. The van der Waals surface area contributed by atoms with Crippen molar-refractivity contribution in [2.75, 3.05) is 4.90 Å². The zero-order valence-corrected chi connectivity index (χ0v) is 39.4. The van der Waals surface area contributed by atoms with E-state index in [1.807, 2.05) is 95.9 Å². The van der Waals surface area contributed by atoms with Crippen LogP contribution >= 0.6 is 0 Å². The maximum Gasteiger partial charge on any atom is 0.143 e. The summed E-state index contributed by atoms with van der Waals surface area (Å²) in [5, 5.41) is 3.96. The van der Waals surface area contributed by atoms with Gasteiger partial charge in [0.05, 0.1) is 5.69 Å². The SMILES string of the molecule is [B]c1c([B])c([B])c(-c2c([B])c([B])c(-c3c([B])c([B])c(N(c4ccc(-c5cccc(-c6ccccc6)c5)cc4)c4ccccc4-c4cccc5oc6c7ccccc7ccc6c45)c([B])c3[B])c([B])c2[B])c([B])c1[B]. The Kier molecular flexibility index (Phi) is 12.4. The Hall–Kier alpha value is -7.10. The van der Waals surface area contributed by atoms with Gasteiger partial charge in [0, 0.05) is 33.1 Å². The third kappa shape index (κ3) is 7.76. The lowest BCUT2D eigenvalue weighted by Crippen LogP contribution is -2.57. The van der Waals surface area contributed by atoms with Crippen molar-refractivity contribution in [3.05, 3.63) is 158 Å². The van der Waals surface area contributed by atoms with Crippen molar-refractivity contribution in [2.24, 2.45) is 0 Å². The van der Waals surface area contributed by atoms with Gasteiger partial charge in [0.2, 0.25) is 0 Å². The van der Waals surface area contributed by atoms with E-state index in [-0.39, 0.29) is 93.3 Å². The molecule has 0 atom stereocenters. The number of anilines is 3. The van der Waals surface area contributed by atoms with Crippen LogP contribution in [0, 0.1) is 0 Å². The van der Waals surface area contributed by atoms with Crippen LogP contribution in [0.1, 0.15) is 0 Å². The molecule has 0 unspecified atom stereocenters. The zero-order valence-electron chi connectivity index (χ0n) is 39.4. The summed E-state index contributed by atoms with van der Waals surface area (Å²) in [6.07, 6.45) is 0. The summed E-state index contributed by atoms with van der Waals surface area (Å²) in [4.78, 5) is 1.96. The van der Waals surface area contributed by atoms with Gasteiger partial charge in [-0.05, 0) is 91.9 Å². The van der Waals surface area contributed by atoms with Crippen LogP contribution in [0.2, 0.25) is 0 Å². The lowest BCUT2D eigenvalue weighted by molar-refractivity contribution is 0.673. The fraction of sp³-hybridized carbons (Fsp3) is 0. The van der Waals surface area contributed by atoms with Gasteiger partial charge in [0.1, 0.15) is 113 Å². The van der Waals surface area contributed by atoms with E-state index in [4.69, 9.17) is 106 Å². The molecule has 0 saturated heterocycles. The van der Waals surface area contributed by atoms with Gasteiger partial charge in [-0.1, -0.05) is 176 Å². The summed E-state index contributed by atoms with van der Waals surface area (Å²) in [6.45, 7) is 0. The molecule has 0 aliphatic heterocycles. The second kappa shape index (κ2) is 18.7. The van der Waals surface area contributed by atoms with Crippen molar-refractivity contribution in [1.29, 1.82) is 0 Å². The molecule has 11 aromatic rings. The van der Waals surface area contributed by atoms with Crippen LogP contribution in [-0.4, -0.2) is 102 Å². The zero-order chi connectivity index (χ0) is 51.1. The highest BCUT2D eigenvalue weighted by atomic mass is 16.3. The topological polar surface area (TPSA) is 16.4 Å². The minimum Gasteiger partial charge on any atom is -0.455 e. The third-order valence-electron chi connectivity index (χ3n) is 14.0. The van der Waals surface area contributed by atoms with Gasteiger partial charge >= 0.3 is 0 Å². The molecule has 0 spiro atoms. The van der Waals surface area contributed by atoms with E-state index in [9.17, 15) is 0 Å². The smallest absolute Gasteiger partial charge is 0.143 e. The average Bonchev–Trinajstić information content (AvgIpc) is 3.82. The summed E-state index contributed by atoms with van der Waals surface area (Å²) in [6, 6.07) is 53.1. The Morgan fingerprint density at radius 2 is 0.767 bits per heavy atom. The van der Waals surface area contributed by atoms with Gasteiger partial charge in [0.15, 0.2) is 0 Å². The van der Waals surface area contributed by atoms with E-state index in [1.165, 1.54) is 0 Å². The number of furan rings is 1. The second-order valence-corrected chi connectivity index (χ2v) is 18.0. The van der Waals surface area contributed by atoms with Crippen molar-refractivity contribution in [1.82, 2.24) is 0 Å². The number of rotatable bonds is 8. The molecule has 0 bridgehead atoms. The molecule has 10 aromatic carbocycles. The number of hydrogen-bond donors (Lipinski definition) is 0. The quantitative estimate of drug-likeness (QED) is 0.211. The van der Waals surface area contributed by atoms with Crippen LogP contribution in [0.25, 0.3) is 88.3 Å². The molecule has 1 heterocycles. The molecule has 11 rings (SSSR count). The van der Waals surface area contributed by atoms with Crippen molar-refractivity contribution >= 4 is 223 Å². The normalized spacial score (nSPS) is 11.5. The van der Waals surface area contributed by atoms with Crippen LogP contribution in [0.3, 0.4) is 0 Å². The molecular weight excluding hydrogens is 867 g/mol. The first-order chi connectivity index (χ1) is 35.2. The monoisotopic (exact) mass is 895 g/mol. The molecule has 15 heteroatoms. The first kappa shape index (κ1) is 48.2. The van der Waals surface area contributed by atoms with E-state index in [0.717, 1.165) is 66.1 Å². The molecule has 0 amide bonds. The Morgan fingerprint density at radius 3 is 1.37 bits per heavy atom. The molecule has 0 fully saturated rings. The lowest BCUT2D eigenvalue weighted by atomic mass is 9.55. The summed E-state index contributed by atoms with van der Waals surface area (Å²) < 4.78 is 6.66. The predicted molar refractivity (Wildman–Crippen MR) is 323 cm³/mol. The summed E-state index contributed by atoms with van der Waals surface area (Å²) >= 11 is 0. The number of hydrogen-bond acceptors (Lipinski definition) is 2. The Labute approximate surface area is 442 Å². The molecule has 0 aliphatic carbocycles. The molecular formula is C58H26B13NO. The lowest BCUT2D eigenvalue weighted by Gasteiger charge is -2.35. The predicted octanol–water partition coefficient (Wildman–Crippen LogP) is 0.863. The minimum atomic E-state index is -0.0678. The maximum absolute atomic E-state index is 7.30. The van der Waals surface area contributed by atoms with Crippen molar-refractivity contribution < 1.29 is 4.42 Å². The van der Waals surface area contributed by atoms with Gasteiger partial charge in [0.25, 0.3) is 0 Å². The number of fused-ring (bicyclic) bond motifs is 5. The van der Waals surface area contributed by atoms with Gasteiger partial charge in [-0.3, -0.25) is 0 Å². The average molecular weight is 893 g/mol. The molecule has 26 radical (unpaired) electrons. The molecule has 73 heavy (non-hydrogen) atoms. The number of para-hydroxylation sites is 1. The van der Waals surface area contributed by atoms with Crippen LogP contribution in [0.4, 0.5) is 17.1 Å². The van der Waals surface area contributed by atoms with E-state index >= 15 is 0 Å². The standard InChI is InChI=1S/C58H26B13NO/c59-44-40(42-48(63)52(67)54(69)53(68)49(42)64)45(60)47(62)41(46(44)61)43-50(65)55(70)57(56(71)51(43)66)72(32-23-20-28(21-24-32)31-14-8-13-30(26-31)27-10-2-1-3-11-27)37-18-7-6-16-34(37)35-17-9-19-38-39(35)36-25-22-29-12-4-5-15-33(29)58(36)73-38/h1-26H. The van der Waals surface area contributed by atoms with E-state index in [0.29, 0.717) is 17.1 Å². The maximum atomic E-state index is 7.30. The Balaban J connectivity index is 1.13. The van der Waals surface area contributed by atoms with E-state index < -0.39 is 0 Å². The van der Waals surface area contributed by atoms with Crippen LogP contribution in [0.5, 0.6) is 0 Å². The molecule has 1 aromatic heterocycles. The van der Waals surface area contributed by atoms with Crippen LogP contribution < -0.4 is 75.9 Å². The minimum absolute atomic E-state index is 0.00159. The molecule has 0 N–H and O–H groups in total. The number of benzene rings is 10. The van der Waals surface area contributed by atoms with Crippen molar-refractivity contribution in [3.8, 4) is 55.6 Å². The van der Waals surface area contributed by atoms with Gasteiger partial charge in [-0.25, -0.2) is 0 Å². The summed E-state index contributed by atoms with van der Waals surface area (Å²) in [7, 11) is 87.9. The van der Waals surface area contributed by atoms with E-state index in [2.05, 4.69) is 66.7 Å². The van der Waals surface area contributed by atoms with Crippen molar-refractivity contribution in [2.45, 2.75) is 0 Å². The number of nitrogens with zero attached hydrogens (tertiary/aromatic N) is 1. The van der Waals surface area contributed by atoms with Gasteiger partial charge in [-0.15, -0.1) is 16.4 Å². The van der Waals surface area contributed by atoms with E-state index in [1.54, 1.807) is 0 Å². The highest BCUT2D eigenvalue weighted by molar-refractivity contribution is 6.72. The largest absolute Gasteiger partial charge is 0.455 e. The second-order valence-electron chi connectivity index (χ2n) is 18.0. The molecule has 2 nitrogen and oxygen atoms in total. The highest BCUT2D eigenvalue weighted by Crippen LogP contribution is 2.45. The Morgan fingerprint density at radius 1 is 0.315 bits per heavy atom. The third-order valence-corrected chi connectivity index (χ3v) is 14.0. The summed E-state index contributed by atoms with van der Waals surface area (Å²) in [5.41, 5.74) is 9.26.